The zero-order valence-electron chi connectivity index (χ0n) is 11.6. The van der Waals surface area contributed by atoms with Crippen LogP contribution in [0.4, 0.5) is 19.0 Å². The Morgan fingerprint density at radius 3 is 2.62 bits per heavy atom. The molecule has 2 aliphatic rings. The third kappa shape index (κ3) is 2.70. The van der Waals surface area contributed by atoms with Crippen LogP contribution in [0.15, 0.2) is 17.5 Å². The van der Waals surface area contributed by atoms with E-state index in [1.165, 1.54) is 16.5 Å². The third-order valence-corrected chi connectivity index (χ3v) is 6.74. The van der Waals surface area contributed by atoms with Gasteiger partial charge in [-0.3, -0.25) is 3.97 Å². The van der Waals surface area contributed by atoms with Crippen LogP contribution >= 0.6 is 11.1 Å². The topological polar surface area (TPSA) is 50.4 Å². The summed E-state index contributed by atoms with van der Waals surface area (Å²) in [4.78, 5) is 7.50. The molecule has 118 valence electrons. The number of aliphatic imine (C=N–C) groups is 1. The van der Waals surface area contributed by atoms with Crippen LogP contribution in [0.25, 0.3) is 0 Å². The van der Waals surface area contributed by atoms with Crippen molar-refractivity contribution in [3.63, 3.8) is 0 Å². The summed E-state index contributed by atoms with van der Waals surface area (Å²) >= 11 is -1.94. The van der Waals surface area contributed by atoms with Gasteiger partial charge in [-0.1, -0.05) is 30.8 Å². The molecule has 0 amide bonds. The highest BCUT2D eigenvalue weighted by Crippen LogP contribution is 2.52. The summed E-state index contributed by atoms with van der Waals surface area (Å²) in [7, 11) is 0. The number of aliphatic hydroxyl groups is 1. The summed E-state index contributed by atoms with van der Waals surface area (Å²) in [5.74, 6) is 0.689. The minimum Gasteiger partial charge on any atom is -0.382 e. The van der Waals surface area contributed by atoms with Gasteiger partial charge in [0.15, 0.2) is 10.9 Å². The molecule has 3 rings (SSSR count). The minimum atomic E-state index is -4.51. The number of halogens is 3. The predicted octanol–water partition coefficient (Wildman–Crippen LogP) is 3.40. The van der Waals surface area contributed by atoms with Crippen LogP contribution in [-0.2, 0) is 0 Å². The molecule has 0 saturated heterocycles. The van der Waals surface area contributed by atoms with Crippen molar-refractivity contribution < 1.29 is 18.3 Å². The molecule has 2 unspecified atom stereocenters. The molecule has 1 aliphatic carbocycles. The molecular formula is C13H18F3N3OS. The van der Waals surface area contributed by atoms with Gasteiger partial charge in [-0.15, -0.1) is 0 Å². The van der Waals surface area contributed by atoms with Gasteiger partial charge in [0.1, 0.15) is 11.8 Å². The zero-order valence-corrected chi connectivity index (χ0v) is 12.5. The molecule has 21 heavy (non-hydrogen) atoms. The normalized spacial score (nSPS) is 32.6. The first-order chi connectivity index (χ1) is 9.88. The number of aliphatic hydroxyl groups excluding tert-OH is 1. The van der Waals surface area contributed by atoms with E-state index < -0.39 is 27.7 Å². The van der Waals surface area contributed by atoms with Gasteiger partial charge in [0.2, 0.25) is 0 Å². The molecule has 1 aliphatic heterocycles. The Labute approximate surface area is 123 Å². The molecule has 2 atom stereocenters. The van der Waals surface area contributed by atoms with Gasteiger partial charge in [-0.05, 0) is 24.7 Å². The molecular weight excluding hydrogens is 303 g/mol. The molecule has 0 aromatic carbocycles. The number of alkyl halides is 3. The van der Waals surface area contributed by atoms with Gasteiger partial charge in [0.25, 0.3) is 0 Å². The van der Waals surface area contributed by atoms with Crippen LogP contribution in [0.1, 0.15) is 32.6 Å². The first kappa shape index (κ1) is 14.9. The smallest absolute Gasteiger partial charge is 0.382 e. The molecule has 8 heteroatoms. The summed E-state index contributed by atoms with van der Waals surface area (Å²) in [5, 5.41) is 9.71. The molecule has 1 N–H and O–H groups in total. The van der Waals surface area contributed by atoms with Crippen molar-refractivity contribution in [1.82, 2.24) is 8.96 Å². The van der Waals surface area contributed by atoms with Crippen LogP contribution in [-0.4, -0.2) is 30.7 Å². The van der Waals surface area contributed by atoms with E-state index in [1.54, 1.807) is 0 Å². The molecule has 2 heterocycles. The fourth-order valence-electron chi connectivity index (χ4n) is 3.02. The van der Waals surface area contributed by atoms with Gasteiger partial charge in [0.05, 0.1) is 6.20 Å². The van der Waals surface area contributed by atoms with E-state index in [0.29, 0.717) is 5.92 Å². The number of imidazole rings is 1. The Morgan fingerprint density at radius 2 is 2.00 bits per heavy atom. The van der Waals surface area contributed by atoms with E-state index in [-0.39, 0.29) is 11.7 Å². The monoisotopic (exact) mass is 321 g/mol. The SMILES string of the molecule is CC1CCC(C(O)[SH]2C(C(F)(F)F)=Nc3cncn32)CC1. The summed E-state index contributed by atoms with van der Waals surface area (Å²) in [6.45, 7) is 2.14. The number of hydrogen-bond acceptors (Lipinski definition) is 3. The average molecular weight is 321 g/mol. The zero-order chi connectivity index (χ0) is 15.2. The lowest BCUT2D eigenvalue weighted by molar-refractivity contribution is -0.0556. The summed E-state index contributed by atoms with van der Waals surface area (Å²) in [5.41, 5.74) is -1.01. The van der Waals surface area contributed by atoms with Crippen molar-refractivity contribution in [2.24, 2.45) is 16.8 Å². The van der Waals surface area contributed by atoms with E-state index in [4.69, 9.17) is 0 Å². The van der Waals surface area contributed by atoms with Gasteiger partial charge >= 0.3 is 6.18 Å². The lowest BCUT2D eigenvalue weighted by Gasteiger charge is -2.35. The number of hydrogen-bond donors (Lipinski definition) is 2. The predicted molar refractivity (Wildman–Crippen MR) is 76.9 cm³/mol. The molecule has 1 aromatic heterocycles. The highest BCUT2D eigenvalue weighted by Gasteiger charge is 2.47. The Bertz CT molecular complexity index is 549. The average Bonchev–Trinajstić information content (AvgIpc) is 2.97. The van der Waals surface area contributed by atoms with Gasteiger partial charge in [0, 0.05) is 0 Å². The first-order valence-electron chi connectivity index (χ1n) is 7.03. The van der Waals surface area contributed by atoms with Crippen LogP contribution in [0, 0.1) is 11.8 Å². The van der Waals surface area contributed by atoms with E-state index in [9.17, 15) is 18.3 Å². The quantitative estimate of drug-likeness (QED) is 0.820. The second-order valence-corrected chi connectivity index (χ2v) is 7.88. The standard InChI is InChI=1S/C13H18F3N3OS/c1-8-2-4-9(5-3-8)11(20)21-12(13(14,15)16)18-10-6-17-7-19(10)21/h6-9,11,20-21H,2-5H2,1H3. The molecule has 1 aromatic rings. The van der Waals surface area contributed by atoms with Gasteiger partial charge in [-0.2, -0.15) is 13.2 Å². The van der Waals surface area contributed by atoms with E-state index >= 15 is 0 Å². The lowest BCUT2D eigenvalue weighted by Crippen LogP contribution is -2.33. The van der Waals surface area contributed by atoms with Crippen LogP contribution < -0.4 is 0 Å². The number of aromatic nitrogens is 2. The number of thiol groups is 1. The number of fused-ring (bicyclic) bond motifs is 1. The number of rotatable bonds is 2. The Kier molecular flexibility index (Phi) is 3.77. The van der Waals surface area contributed by atoms with Crippen molar-refractivity contribution in [1.29, 1.82) is 0 Å². The van der Waals surface area contributed by atoms with Crippen LogP contribution in [0.5, 0.6) is 0 Å². The Morgan fingerprint density at radius 1 is 1.33 bits per heavy atom. The maximum atomic E-state index is 13.2. The Hall–Kier alpha value is -1.02. The minimum absolute atomic E-state index is 0.0896. The Balaban J connectivity index is 1.87. The summed E-state index contributed by atoms with van der Waals surface area (Å²) in [6.07, 6.45) is 1.61. The summed E-state index contributed by atoms with van der Waals surface area (Å²) < 4.78 is 41.0. The maximum Gasteiger partial charge on any atom is 0.439 e. The fraction of sp³-hybridized carbons (Fsp3) is 0.692. The van der Waals surface area contributed by atoms with Crippen molar-refractivity contribution in [2.45, 2.75) is 44.2 Å². The second kappa shape index (κ2) is 5.31. The largest absolute Gasteiger partial charge is 0.439 e. The summed E-state index contributed by atoms with van der Waals surface area (Å²) in [6, 6.07) is 0. The van der Waals surface area contributed by atoms with Crippen molar-refractivity contribution in [3.05, 3.63) is 12.5 Å². The first-order valence-corrected chi connectivity index (χ1v) is 8.40. The fourth-order valence-corrected chi connectivity index (χ4v) is 5.38. The van der Waals surface area contributed by atoms with E-state index in [2.05, 4.69) is 16.9 Å². The van der Waals surface area contributed by atoms with Gasteiger partial charge < -0.3 is 5.11 Å². The molecule has 1 saturated carbocycles. The third-order valence-electron chi connectivity index (χ3n) is 4.26. The van der Waals surface area contributed by atoms with Crippen LogP contribution in [0.2, 0.25) is 0 Å². The highest BCUT2D eigenvalue weighted by molar-refractivity contribution is 8.29. The maximum absolute atomic E-state index is 13.2. The van der Waals surface area contributed by atoms with E-state index in [1.807, 2.05) is 0 Å². The molecule has 1 fully saturated rings. The van der Waals surface area contributed by atoms with Crippen molar-refractivity contribution >= 4 is 21.9 Å². The van der Waals surface area contributed by atoms with Crippen LogP contribution in [0.3, 0.4) is 0 Å². The molecule has 0 radical (unpaired) electrons. The molecule has 0 bridgehead atoms. The number of nitrogens with zero attached hydrogens (tertiary/aromatic N) is 3. The second-order valence-electron chi connectivity index (χ2n) is 5.81. The highest BCUT2D eigenvalue weighted by atomic mass is 32.2. The van der Waals surface area contributed by atoms with Crippen molar-refractivity contribution in [3.8, 4) is 0 Å². The van der Waals surface area contributed by atoms with Gasteiger partial charge in [-0.25, -0.2) is 9.98 Å². The lowest BCUT2D eigenvalue weighted by atomic mass is 9.83. The van der Waals surface area contributed by atoms with E-state index in [0.717, 1.165) is 25.7 Å². The van der Waals surface area contributed by atoms with Crippen molar-refractivity contribution in [2.75, 3.05) is 0 Å². The molecule has 4 nitrogen and oxygen atoms in total. The molecule has 0 spiro atoms.